The van der Waals surface area contributed by atoms with E-state index in [1.54, 1.807) is 19.1 Å². The van der Waals surface area contributed by atoms with Crippen LogP contribution in [0.4, 0.5) is 11.4 Å². The molecule has 27 heavy (non-hydrogen) atoms. The summed E-state index contributed by atoms with van der Waals surface area (Å²) in [5.74, 6) is 0.929. The molecule has 4 N–H and O–H groups in total. The molecule has 0 aliphatic rings. The zero-order valence-corrected chi connectivity index (χ0v) is 15.7. The number of ether oxygens (including phenoxy) is 1. The van der Waals surface area contributed by atoms with E-state index in [0.717, 1.165) is 11.1 Å². The highest BCUT2D eigenvalue weighted by molar-refractivity contribution is 7.91. The summed E-state index contributed by atoms with van der Waals surface area (Å²) in [6.07, 6.45) is 2.01. The highest BCUT2D eigenvalue weighted by Crippen LogP contribution is 2.31. The van der Waals surface area contributed by atoms with Crippen molar-refractivity contribution in [3.63, 3.8) is 0 Å². The van der Waals surface area contributed by atoms with E-state index in [4.69, 9.17) is 16.2 Å². The van der Waals surface area contributed by atoms with Crippen molar-refractivity contribution in [3.05, 3.63) is 71.9 Å². The van der Waals surface area contributed by atoms with Crippen LogP contribution in [-0.2, 0) is 16.3 Å². The van der Waals surface area contributed by atoms with Gasteiger partial charge in [-0.15, -0.1) is 0 Å². The van der Waals surface area contributed by atoms with Crippen LogP contribution in [0.1, 0.15) is 18.1 Å². The van der Waals surface area contributed by atoms with Crippen molar-refractivity contribution < 1.29 is 13.2 Å². The number of nitrogen functional groups attached to an aromatic ring is 2. The number of aromatic nitrogens is 1. The highest BCUT2D eigenvalue weighted by Gasteiger charge is 2.14. The second-order valence-corrected chi connectivity index (χ2v) is 8.31. The molecular formula is C20H21N3O3S. The summed E-state index contributed by atoms with van der Waals surface area (Å²) in [6.45, 7) is 1.58. The molecule has 0 radical (unpaired) electrons. The summed E-state index contributed by atoms with van der Waals surface area (Å²) in [6, 6.07) is 16.4. The summed E-state index contributed by atoms with van der Waals surface area (Å²) >= 11 is 0. The molecule has 6 nitrogen and oxygen atoms in total. The zero-order chi connectivity index (χ0) is 19.4. The first-order chi connectivity index (χ1) is 12.9. The third kappa shape index (κ3) is 4.38. The van der Waals surface area contributed by atoms with Gasteiger partial charge in [0.1, 0.15) is 11.5 Å². The van der Waals surface area contributed by atoms with Crippen LogP contribution in [0.25, 0.3) is 0 Å². The molecule has 7 heteroatoms. The van der Waals surface area contributed by atoms with Crippen LogP contribution in [-0.4, -0.2) is 19.2 Å². The predicted molar refractivity (Wildman–Crippen MR) is 107 cm³/mol. The van der Waals surface area contributed by atoms with Crippen molar-refractivity contribution in [3.8, 4) is 11.5 Å². The third-order valence-electron chi connectivity index (χ3n) is 4.15. The molecular weight excluding hydrogens is 362 g/mol. The van der Waals surface area contributed by atoms with Gasteiger partial charge in [-0.3, -0.25) is 0 Å². The predicted octanol–water partition coefficient (Wildman–Crippen LogP) is 3.42. The van der Waals surface area contributed by atoms with Crippen LogP contribution >= 0.6 is 0 Å². The summed E-state index contributed by atoms with van der Waals surface area (Å²) < 4.78 is 29.5. The molecule has 0 aliphatic carbocycles. The average Bonchev–Trinajstić information content (AvgIpc) is 2.67. The number of nitrogens with two attached hydrogens (primary N) is 2. The fourth-order valence-electron chi connectivity index (χ4n) is 2.62. The third-order valence-corrected chi connectivity index (χ3v) is 5.79. The molecule has 0 saturated heterocycles. The van der Waals surface area contributed by atoms with E-state index in [1.807, 2.05) is 36.4 Å². The van der Waals surface area contributed by atoms with Gasteiger partial charge in [-0.2, -0.15) is 0 Å². The van der Waals surface area contributed by atoms with Gasteiger partial charge in [0, 0.05) is 6.07 Å². The van der Waals surface area contributed by atoms with Crippen molar-refractivity contribution in [1.29, 1.82) is 0 Å². The lowest BCUT2D eigenvalue weighted by Gasteiger charge is -2.13. The van der Waals surface area contributed by atoms with Gasteiger partial charge >= 0.3 is 0 Å². The van der Waals surface area contributed by atoms with E-state index in [9.17, 15) is 8.42 Å². The quantitative estimate of drug-likeness (QED) is 0.631. The Bertz CT molecular complexity index is 1030. The van der Waals surface area contributed by atoms with E-state index in [0.29, 0.717) is 29.3 Å². The average molecular weight is 383 g/mol. The maximum Gasteiger partial charge on any atom is 0.195 e. The first kappa shape index (κ1) is 18.7. The maximum atomic E-state index is 11.8. The molecule has 1 aromatic heterocycles. The Morgan fingerprint density at radius 3 is 2.37 bits per heavy atom. The first-order valence-electron chi connectivity index (χ1n) is 8.47. The lowest BCUT2D eigenvalue weighted by atomic mass is 10.0. The van der Waals surface area contributed by atoms with Crippen LogP contribution in [0.2, 0.25) is 0 Å². The molecule has 3 aromatic rings. The Hall–Kier alpha value is -3.06. The number of hydrogen-bond acceptors (Lipinski definition) is 6. The van der Waals surface area contributed by atoms with Crippen LogP contribution in [0.15, 0.2) is 65.8 Å². The number of sulfone groups is 1. The molecule has 0 amide bonds. The lowest BCUT2D eigenvalue weighted by molar-refractivity contribution is 0.478. The maximum absolute atomic E-state index is 11.8. The summed E-state index contributed by atoms with van der Waals surface area (Å²) in [4.78, 5) is 3.98. The minimum absolute atomic E-state index is 0.00244. The van der Waals surface area contributed by atoms with Crippen molar-refractivity contribution in [2.45, 2.75) is 18.4 Å². The summed E-state index contributed by atoms with van der Waals surface area (Å²) in [5, 5.41) is 0.0268. The van der Waals surface area contributed by atoms with E-state index in [2.05, 4.69) is 4.98 Å². The van der Waals surface area contributed by atoms with Gasteiger partial charge in [-0.25, -0.2) is 13.4 Å². The Morgan fingerprint density at radius 1 is 1.00 bits per heavy atom. The molecule has 0 unspecified atom stereocenters. The van der Waals surface area contributed by atoms with Crippen molar-refractivity contribution in [1.82, 2.24) is 4.98 Å². The Morgan fingerprint density at radius 2 is 1.74 bits per heavy atom. The number of rotatable bonds is 6. The van der Waals surface area contributed by atoms with E-state index < -0.39 is 9.84 Å². The van der Waals surface area contributed by atoms with Crippen molar-refractivity contribution in [2.75, 3.05) is 17.2 Å². The standard InChI is InChI=1S/C20H21N3O3S/c1-2-27(24,25)19-9-8-16(13-23-19)26-17-11-15(20(22)18(21)12-17)10-14-6-4-3-5-7-14/h3-9,11-13H,2,10,21-22H2,1H3. The Balaban J connectivity index is 1.85. The SMILES string of the molecule is CCS(=O)(=O)c1ccc(Oc2cc(N)c(N)c(Cc3ccccc3)c2)cn1. The smallest absolute Gasteiger partial charge is 0.195 e. The Kier molecular flexibility index (Phi) is 5.32. The van der Waals surface area contributed by atoms with Crippen LogP contribution in [0.3, 0.4) is 0 Å². The fraction of sp³-hybridized carbons (Fsp3) is 0.150. The number of anilines is 2. The summed E-state index contributed by atoms with van der Waals surface area (Å²) in [5.41, 5.74) is 15.1. The normalized spacial score (nSPS) is 11.3. The van der Waals surface area contributed by atoms with Gasteiger partial charge in [0.25, 0.3) is 0 Å². The van der Waals surface area contributed by atoms with Crippen molar-refractivity contribution >= 4 is 21.2 Å². The number of nitrogens with zero attached hydrogens (tertiary/aromatic N) is 1. The highest BCUT2D eigenvalue weighted by atomic mass is 32.2. The molecule has 0 spiro atoms. The topological polar surface area (TPSA) is 108 Å². The van der Waals surface area contributed by atoms with Gasteiger partial charge < -0.3 is 16.2 Å². The van der Waals surface area contributed by atoms with Crippen molar-refractivity contribution in [2.24, 2.45) is 0 Å². The Labute approximate surface area is 158 Å². The van der Waals surface area contributed by atoms with Gasteiger partial charge in [0.2, 0.25) is 0 Å². The van der Waals surface area contributed by atoms with Crippen LogP contribution in [0.5, 0.6) is 11.5 Å². The molecule has 1 heterocycles. The molecule has 3 rings (SSSR count). The number of hydrogen-bond donors (Lipinski definition) is 2. The van der Waals surface area contributed by atoms with E-state index in [-0.39, 0.29) is 10.8 Å². The number of pyridine rings is 1. The second-order valence-electron chi connectivity index (χ2n) is 6.09. The van der Waals surface area contributed by atoms with Gasteiger partial charge in [0.05, 0.1) is 23.3 Å². The monoisotopic (exact) mass is 383 g/mol. The van der Waals surface area contributed by atoms with Gasteiger partial charge in [0.15, 0.2) is 14.9 Å². The largest absolute Gasteiger partial charge is 0.456 e. The second kappa shape index (κ2) is 7.67. The van der Waals surface area contributed by atoms with Gasteiger partial charge in [-0.1, -0.05) is 37.3 Å². The van der Waals surface area contributed by atoms with Gasteiger partial charge in [-0.05, 0) is 35.7 Å². The van der Waals surface area contributed by atoms with E-state index in [1.165, 1.54) is 12.3 Å². The van der Waals surface area contributed by atoms with E-state index >= 15 is 0 Å². The lowest BCUT2D eigenvalue weighted by Crippen LogP contribution is -2.05. The van der Waals surface area contributed by atoms with Crippen LogP contribution in [0, 0.1) is 0 Å². The molecule has 0 bridgehead atoms. The molecule has 0 aliphatic heterocycles. The molecule has 0 atom stereocenters. The van der Waals surface area contributed by atoms with Crippen LogP contribution < -0.4 is 16.2 Å². The molecule has 140 valence electrons. The summed E-state index contributed by atoms with van der Waals surface area (Å²) in [7, 11) is -3.34. The number of benzene rings is 2. The minimum atomic E-state index is -3.34. The minimum Gasteiger partial charge on any atom is -0.456 e. The fourth-order valence-corrected chi connectivity index (χ4v) is 3.41. The molecule has 0 fully saturated rings. The molecule has 0 saturated carbocycles. The first-order valence-corrected chi connectivity index (χ1v) is 10.1. The molecule has 2 aromatic carbocycles. The zero-order valence-electron chi connectivity index (χ0n) is 14.9.